The van der Waals surface area contributed by atoms with E-state index in [0.29, 0.717) is 28.2 Å². The summed E-state index contributed by atoms with van der Waals surface area (Å²) in [5.74, 6) is 3.26. The zero-order valence-corrected chi connectivity index (χ0v) is 34.0. The van der Waals surface area contributed by atoms with Crippen LogP contribution in [0.25, 0.3) is 0 Å². The number of fused-ring (bicyclic) bond motifs is 7. The molecule has 0 aromatic rings. The van der Waals surface area contributed by atoms with Crippen molar-refractivity contribution in [3.63, 3.8) is 0 Å². The van der Waals surface area contributed by atoms with E-state index in [2.05, 4.69) is 68.5 Å². The predicted octanol–water partition coefficient (Wildman–Crippen LogP) is 6.90. The van der Waals surface area contributed by atoms with Gasteiger partial charge in [0.25, 0.3) is 0 Å². The molecular formula is C38H63KO4S. The summed E-state index contributed by atoms with van der Waals surface area (Å²) in [5, 5.41) is 8.13. The number of rotatable bonds is 3. The fourth-order valence-corrected chi connectivity index (χ4v) is 12.4. The van der Waals surface area contributed by atoms with Crippen LogP contribution in [-0.4, -0.2) is 28.4 Å². The van der Waals surface area contributed by atoms with E-state index >= 15 is 0 Å². The summed E-state index contributed by atoms with van der Waals surface area (Å²) in [4.78, 5) is 22.5. The molecule has 0 amide bonds. The monoisotopic (exact) mass is 654 g/mol. The Bertz CT molecular complexity index is 1140. The normalized spacial score (nSPS) is 47.0. The summed E-state index contributed by atoms with van der Waals surface area (Å²) >= 11 is 5.12. The number of carbonyl (C=O) groups is 2. The van der Waals surface area contributed by atoms with Gasteiger partial charge in [-0.3, -0.25) is 0 Å². The summed E-state index contributed by atoms with van der Waals surface area (Å²) < 4.78 is 6.40. The van der Waals surface area contributed by atoms with Gasteiger partial charge in [0.05, 0.1) is 0 Å². The molecule has 0 bridgehead atoms. The van der Waals surface area contributed by atoms with E-state index in [1.165, 1.54) is 58.3 Å². The van der Waals surface area contributed by atoms with Gasteiger partial charge in [-0.25, -0.2) is 9.59 Å². The number of carboxylic acids is 1. The first-order valence-electron chi connectivity index (χ1n) is 17.1. The van der Waals surface area contributed by atoms with E-state index in [-0.39, 0.29) is 92.0 Å². The van der Waals surface area contributed by atoms with Crippen LogP contribution >= 0.6 is 12.6 Å². The maximum absolute atomic E-state index is 12.9. The van der Waals surface area contributed by atoms with Crippen LogP contribution in [0.2, 0.25) is 0 Å². The molecule has 12 atom stereocenters. The van der Waals surface area contributed by atoms with Crippen LogP contribution in [0.4, 0.5) is 0 Å². The van der Waals surface area contributed by atoms with Crippen LogP contribution < -0.4 is 51.4 Å². The second-order valence-electron chi connectivity index (χ2n) is 17.4. The molecule has 2 unspecified atom stereocenters. The zero-order chi connectivity index (χ0) is 32.5. The Morgan fingerprint density at radius 3 is 1.98 bits per heavy atom. The van der Waals surface area contributed by atoms with Gasteiger partial charge >= 0.3 is 63.3 Å². The molecule has 6 heteroatoms. The molecule has 0 saturated heterocycles. The van der Waals surface area contributed by atoms with Crippen LogP contribution in [0, 0.1) is 62.6 Å². The Hall–Kier alpha value is 0.406. The maximum atomic E-state index is 12.9. The van der Waals surface area contributed by atoms with E-state index in [1.54, 1.807) is 6.92 Å². The quantitative estimate of drug-likeness (QED) is 0.150. The van der Waals surface area contributed by atoms with Crippen LogP contribution in [0.15, 0.2) is 24.3 Å². The van der Waals surface area contributed by atoms with Crippen LogP contribution in [0.5, 0.6) is 0 Å². The van der Waals surface area contributed by atoms with Crippen molar-refractivity contribution in [2.75, 3.05) is 0 Å². The van der Waals surface area contributed by atoms with Gasteiger partial charge in [0.15, 0.2) is 0 Å². The summed E-state index contributed by atoms with van der Waals surface area (Å²) in [6.07, 6.45) is 11.5. The molecule has 5 fully saturated rings. The van der Waals surface area contributed by atoms with Crippen molar-refractivity contribution in [3.05, 3.63) is 24.3 Å². The minimum atomic E-state index is -0.935. The summed E-state index contributed by atoms with van der Waals surface area (Å²) in [7, 11) is 0. The number of hydrogen-bond donors (Lipinski definition) is 2. The second-order valence-corrected chi connectivity index (χ2v) is 18.0. The third-order valence-electron chi connectivity index (χ3n) is 15.1. The van der Waals surface area contributed by atoms with Gasteiger partial charge in [0, 0.05) is 21.8 Å². The molecule has 5 aliphatic rings. The topological polar surface area (TPSA) is 63.6 Å². The molecule has 44 heavy (non-hydrogen) atoms. The van der Waals surface area contributed by atoms with Crippen LogP contribution in [0.1, 0.15) is 128 Å². The summed E-state index contributed by atoms with van der Waals surface area (Å²) in [6, 6.07) is 0. The molecule has 246 valence electrons. The van der Waals surface area contributed by atoms with Gasteiger partial charge < -0.3 is 11.3 Å². The molecule has 1 N–H and O–H groups in total. The second kappa shape index (κ2) is 13.4. The molecule has 5 aliphatic carbocycles. The Labute approximate surface area is 319 Å². The van der Waals surface area contributed by atoms with E-state index in [9.17, 15) is 9.59 Å². The summed E-state index contributed by atoms with van der Waals surface area (Å²) in [5.41, 5.74) is 1.94. The Morgan fingerprint density at radius 1 is 0.841 bits per heavy atom. The van der Waals surface area contributed by atoms with Gasteiger partial charge in [-0.1, -0.05) is 68.5 Å². The van der Waals surface area contributed by atoms with Gasteiger partial charge in [-0.2, -0.15) is 12.6 Å². The van der Waals surface area contributed by atoms with E-state index in [0.717, 1.165) is 30.1 Å². The van der Waals surface area contributed by atoms with Crippen molar-refractivity contribution in [1.82, 2.24) is 0 Å². The Balaban J connectivity index is 0.000000805. The van der Waals surface area contributed by atoms with Crippen molar-refractivity contribution >= 4 is 24.6 Å². The first-order valence-corrected chi connectivity index (χ1v) is 17.6. The fraction of sp³-hybridized carbons (Fsp3) is 0.842. The number of carboxylic acid groups (broad SMARTS) is 1. The average Bonchev–Trinajstić information content (AvgIpc) is 2.90. The average molecular weight is 655 g/mol. The Morgan fingerprint density at radius 2 is 1.43 bits per heavy atom. The Kier molecular flexibility index (Phi) is 11.8. The standard InChI is InChI=1S/C34H56O2S.C4H6O2.K.H/c1-20(2)29(35)36-26-19-27(37)30(5,6)24-14-16-33(9)25(34(24,26)10)12-11-23-28-22(4)21(3)13-15-31(28,7)17-18-32(23,33)8;1-3(2)4(5)6;;/h21-28,37H,1,11-19H2,2-10H3;1H2,2H3,(H,5,6);;/q;;+1;-1/t21-,22+,23-,24+,25+,26?,27?,28+,31-,32-,33-,34+;;;/m1.../s1. The van der Waals surface area contributed by atoms with Crippen molar-refractivity contribution in [2.24, 2.45) is 62.6 Å². The minimum absolute atomic E-state index is 0. The first kappa shape index (κ1) is 38.9. The van der Waals surface area contributed by atoms with Crippen molar-refractivity contribution < 1.29 is 72.2 Å². The van der Waals surface area contributed by atoms with Crippen LogP contribution in [-0.2, 0) is 14.3 Å². The van der Waals surface area contributed by atoms with E-state index < -0.39 is 5.97 Å². The molecule has 5 rings (SSSR count). The zero-order valence-electron chi connectivity index (χ0n) is 31.0. The SMILES string of the molecule is C=C(C)C(=O)O.C=C(C)C(=O)OC1CC(S)C(C)(C)[C@@H]2CC[C@]3(C)[C@H](CC[C@@H]4[C@@H]5[C@@H](C)[C@H](C)CC[C@]5(C)CC[C@]43C)[C@@]12C.[H-].[K+]. The largest absolute Gasteiger partial charge is 1.00 e. The predicted molar refractivity (Wildman–Crippen MR) is 181 cm³/mol. The van der Waals surface area contributed by atoms with Crippen molar-refractivity contribution in [1.29, 1.82) is 0 Å². The number of esters is 1. The molecule has 0 aromatic heterocycles. The smallest absolute Gasteiger partial charge is 1.00 e. The molecule has 0 heterocycles. The molecule has 5 saturated carbocycles. The van der Waals surface area contributed by atoms with E-state index in [4.69, 9.17) is 22.5 Å². The van der Waals surface area contributed by atoms with Crippen LogP contribution in [0.3, 0.4) is 0 Å². The van der Waals surface area contributed by atoms with Gasteiger partial charge in [-0.05, 0) is 129 Å². The third kappa shape index (κ3) is 6.07. The number of thiol groups is 1. The number of carbonyl (C=O) groups excluding carboxylic acids is 1. The molecule has 0 radical (unpaired) electrons. The molecule has 0 aliphatic heterocycles. The number of hydrogen-bond acceptors (Lipinski definition) is 4. The van der Waals surface area contributed by atoms with Crippen molar-refractivity contribution in [3.8, 4) is 0 Å². The molecule has 4 nitrogen and oxygen atoms in total. The third-order valence-corrected chi connectivity index (χ3v) is 15.9. The number of ether oxygens (including phenoxy) is 1. The first-order chi connectivity index (χ1) is 19.7. The molecule has 0 aromatic carbocycles. The van der Waals surface area contributed by atoms with E-state index in [1.807, 2.05) is 0 Å². The van der Waals surface area contributed by atoms with Gasteiger partial charge in [0.1, 0.15) is 6.10 Å². The van der Waals surface area contributed by atoms with Gasteiger partial charge in [-0.15, -0.1) is 0 Å². The number of aliphatic carboxylic acids is 1. The molecule has 0 spiro atoms. The van der Waals surface area contributed by atoms with Gasteiger partial charge in [0.2, 0.25) is 0 Å². The minimum Gasteiger partial charge on any atom is -1.00 e. The summed E-state index contributed by atoms with van der Waals surface area (Å²) in [6.45, 7) is 30.9. The fourth-order valence-electron chi connectivity index (χ4n) is 12.0. The van der Waals surface area contributed by atoms with Crippen molar-refractivity contribution in [2.45, 2.75) is 138 Å². The maximum Gasteiger partial charge on any atom is 1.00 e. The molecular weight excluding hydrogens is 592 g/mol.